The van der Waals surface area contributed by atoms with Crippen molar-refractivity contribution in [1.29, 1.82) is 5.26 Å². The monoisotopic (exact) mass is 200 g/mol. The highest BCUT2D eigenvalue weighted by Crippen LogP contribution is 1.94. The molecule has 0 spiro atoms. The van der Waals surface area contributed by atoms with E-state index in [4.69, 9.17) is 15.1 Å². The molecule has 0 saturated heterocycles. The van der Waals surface area contributed by atoms with Gasteiger partial charge in [-0.3, -0.25) is 9.69 Å². The average Bonchev–Trinajstić information content (AvgIpc) is 2.13. The number of hydrogen-bond acceptors (Lipinski definition) is 4. The predicted molar refractivity (Wildman–Crippen MR) is 50.8 cm³/mol. The zero-order chi connectivity index (χ0) is 10.8. The van der Waals surface area contributed by atoms with E-state index >= 15 is 0 Å². The topological polar surface area (TPSA) is 73.6 Å². The van der Waals surface area contributed by atoms with Crippen molar-refractivity contribution in [3.8, 4) is 6.07 Å². The van der Waals surface area contributed by atoms with Gasteiger partial charge in [0.25, 0.3) is 0 Å². The van der Waals surface area contributed by atoms with Gasteiger partial charge in [0.15, 0.2) is 0 Å². The number of methoxy groups -OCH3 is 1. The van der Waals surface area contributed by atoms with Crippen LogP contribution < -0.4 is 0 Å². The maximum absolute atomic E-state index is 10.5. The second-order valence-corrected chi connectivity index (χ2v) is 2.92. The predicted octanol–water partition coefficient (Wildman–Crippen LogP) is 0.323. The highest BCUT2D eigenvalue weighted by molar-refractivity contribution is 5.69. The number of nitrogens with zero attached hydrogens (tertiary/aromatic N) is 2. The van der Waals surface area contributed by atoms with Crippen molar-refractivity contribution in [2.45, 2.75) is 12.8 Å². The first-order valence-corrected chi connectivity index (χ1v) is 4.50. The minimum absolute atomic E-state index is 0.00872. The van der Waals surface area contributed by atoms with Crippen LogP contribution in [0.4, 0.5) is 0 Å². The van der Waals surface area contributed by atoms with Crippen LogP contribution in [0.25, 0.3) is 0 Å². The minimum atomic E-state index is -0.849. The fourth-order valence-electron chi connectivity index (χ4n) is 1.06. The summed E-state index contributed by atoms with van der Waals surface area (Å²) in [7, 11) is 1.58. The highest BCUT2D eigenvalue weighted by Gasteiger charge is 2.08. The van der Waals surface area contributed by atoms with Gasteiger partial charge in [0.2, 0.25) is 0 Å². The van der Waals surface area contributed by atoms with E-state index in [-0.39, 0.29) is 6.54 Å². The van der Waals surface area contributed by atoms with Gasteiger partial charge in [-0.15, -0.1) is 0 Å². The molecule has 5 heteroatoms. The zero-order valence-corrected chi connectivity index (χ0v) is 8.40. The van der Waals surface area contributed by atoms with Crippen LogP contribution in [-0.2, 0) is 9.53 Å². The molecular weight excluding hydrogens is 184 g/mol. The minimum Gasteiger partial charge on any atom is -0.480 e. The van der Waals surface area contributed by atoms with Crippen LogP contribution in [0, 0.1) is 11.3 Å². The Kier molecular flexibility index (Phi) is 7.80. The first-order valence-electron chi connectivity index (χ1n) is 4.50. The highest BCUT2D eigenvalue weighted by atomic mass is 16.5. The zero-order valence-electron chi connectivity index (χ0n) is 8.40. The molecule has 80 valence electrons. The van der Waals surface area contributed by atoms with Crippen molar-refractivity contribution < 1.29 is 14.6 Å². The van der Waals surface area contributed by atoms with E-state index in [9.17, 15) is 4.79 Å². The summed E-state index contributed by atoms with van der Waals surface area (Å²) in [5, 5.41) is 16.9. The third-order valence-electron chi connectivity index (χ3n) is 1.73. The van der Waals surface area contributed by atoms with E-state index in [1.165, 1.54) is 0 Å². The molecule has 0 bridgehead atoms. The molecule has 0 aromatic heterocycles. The summed E-state index contributed by atoms with van der Waals surface area (Å²) in [5.74, 6) is -0.849. The summed E-state index contributed by atoms with van der Waals surface area (Å²) in [6.45, 7) is 1.74. The first kappa shape index (κ1) is 12.9. The molecule has 14 heavy (non-hydrogen) atoms. The molecule has 0 radical (unpaired) electrons. The molecular formula is C9H16N2O3. The summed E-state index contributed by atoms with van der Waals surface area (Å²) in [6, 6.07) is 2.03. The van der Waals surface area contributed by atoms with Gasteiger partial charge < -0.3 is 9.84 Å². The Morgan fingerprint density at radius 2 is 2.29 bits per heavy atom. The second-order valence-electron chi connectivity index (χ2n) is 2.92. The SMILES string of the molecule is COCCN(CCCC#N)CC(=O)O. The molecule has 0 aromatic rings. The quantitative estimate of drug-likeness (QED) is 0.571. The fraction of sp³-hybridized carbons (Fsp3) is 0.778. The molecule has 0 aliphatic carbocycles. The number of ether oxygens (including phenoxy) is 1. The molecule has 0 rings (SSSR count). The van der Waals surface area contributed by atoms with Gasteiger partial charge in [0.05, 0.1) is 19.2 Å². The van der Waals surface area contributed by atoms with Gasteiger partial charge >= 0.3 is 5.97 Å². The first-order chi connectivity index (χ1) is 6.70. The van der Waals surface area contributed by atoms with Gasteiger partial charge in [0.1, 0.15) is 0 Å². The van der Waals surface area contributed by atoms with Gasteiger partial charge in [-0.2, -0.15) is 5.26 Å². The van der Waals surface area contributed by atoms with E-state index < -0.39 is 5.97 Å². The Bertz CT molecular complexity index is 201. The maximum atomic E-state index is 10.5. The number of rotatable bonds is 8. The van der Waals surface area contributed by atoms with Gasteiger partial charge in [-0.25, -0.2) is 0 Å². The molecule has 0 aliphatic heterocycles. The smallest absolute Gasteiger partial charge is 0.317 e. The second kappa shape index (κ2) is 8.48. The molecule has 0 saturated carbocycles. The molecule has 0 heterocycles. The largest absolute Gasteiger partial charge is 0.480 e. The Morgan fingerprint density at radius 1 is 1.57 bits per heavy atom. The summed E-state index contributed by atoms with van der Waals surface area (Å²) in [4.78, 5) is 12.2. The molecule has 0 atom stereocenters. The average molecular weight is 200 g/mol. The lowest BCUT2D eigenvalue weighted by molar-refractivity contribution is -0.138. The van der Waals surface area contributed by atoms with Crippen molar-refractivity contribution in [3.05, 3.63) is 0 Å². The van der Waals surface area contributed by atoms with Crippen LogP contribution in [0.3, 0.4) is 0 Å². The molecule has 1 N–H and O–H groups in total. The van der Waals surface area contributed by atoms with E-state index in [0.29, 0.717) is 32.5 Å². The van der Waals surface area contributed by atoms with Gasteiger partial charge in [0, 0.05) is 20.1 Å². The van der Waals surface area contributed by atoms with Crippen LogP contribution in [0.15, 0.2) is 0 Å². The number of hydrogen-bond donors (Lipinski definition) is 1. The number of carboxylic acids is 1. The Morgan fingerprint density at radius 3 is 2.79 bits per heavy atom. The van der Waals surface area contributed by atoms with E-state index in [1.807, 2.05) is 6.07 Å². The normalized spacial score (nSPS) is 10.1. The molecule has 0 aliphatic rings. The van der Waals surface area contributed by atoms with Crippen LogP contribution in [0.1, 0.15) is 12.8 Å². The number of unbranched alkanes of at least 4 members (excludes halogenated alkanes) is 1. The molecule has 0 amide bonds. The van der Waals surface area contributed by atoms with Crippen molar-refractivity contribution >= 4 is 5.97 Å². The van der Waals surface area contributed by atoms with Crippen LogP contribution in [0.2, 0.25) is 0 Å². The molecule has 0 aromatic carbocycles. The lowest BCUT2D eigenvalue weighted by Gasteiger charge is -2.18. The fourth-order valence-corrected chi connectivity index (χ4v) is 1.06. The summed E-state index contributed by atoms with van der Waals surface area (Å²) in [5.41, 5.74) is 0. The maximum Gasteiger partial charge on any atom is 0.317 e. The van der Waals surface area contributed by atoms with Crippen molar-refractivity contribution in [1.82, 2.24) is 4.90 Å². The van der Waals surface area contributed by atoms with Crippen LogP contribution in [0.5, 0.6) is 0 Å². The number of aliphatic carboxylic acids is 1. The van der Waals surface area contributed by atoms with Crippen molar-refractivity contribution in [2.75, 3.05) is 33.4 Å². The molecule has 5 nitrogen and oxygen atoms in total. The third-order valence-corrected chi connectivity index (χ3v) is 1.73. The number of carboxylic acid groups (broad SMARTS) is 1. The summed E-state index contributed by atoms with van der Waals surface area (Å²) < 4.78 is 4.86. The number of nitriles is 1. The molecule has 0 unspecified atom stereocenters. The van der Waals surface area contributed by atoms with Gasteiger partial charge in [-0.1, -0.05) is 0 Å². The van der Waals surface area contributed by atoms with Crippen molar-refractivity contribution in [2.24, 2.45) is 0 Å². The summed E-state index contributed by atoms with van der Waals surface area (Å²) >= 11 is 0. The van der Waals surface area contributed by atoms with E-state index in [2.05, 4.69) is 0 Å². The van der Waals surface area contributed by atoms with Crippen molar-refractivity contribution in [3.63, 3.8) is 0 Å². The van der Waals surface area contributed by atoms with Crippen LogP contribution >= 0.6 is 0 Å². The standard InChI is InChI=1S/C9H16N2O3/c1-14-7-6-11(8-9(12)13)5-3-2-4-10/h2-3,5-8H2,1H3,(H,12,13). The van der Waals surface area contributed by atoms with E-state index in [0.717, 1.165) is 0 Å². The lowest BCUT2D eigenvalue weighted by Crippen LogP contribution is -2.33. The Balaban J connectivity index is 3.73. The lowest BCUT2D eigenvalue weighted by atomic mass is 10.3. The van der Waals surface area contributed by atoms with Gasteiger partial charge in [-0.05, 0) is 13.0 Å². The van der Waals surface area contributed by atoms with E-state index in [1.54, 1.807) is 12.0 Å². The molecule has 0 fully saturated rings. The Labute approximate surface area is 83.9 Å². The third kappa shape index (κ3) is 7.53. The summed E-state index contributed by atoms with van der Waals surface area (Å²) in [6.07, 6.45) is 1.16. The van der Waals surface area contributed by atoms with Crippen LogP contribution in [-0.4, -0.2) is 49.3 Å². The Hall–Kier alpha value is -1.12. The number of carbonyl (C=O) groups is 1.